The number of piperazine rings is 1. The topological polar surface area (TPSA) is 79.7 Å². The number of carbonyl (C=O) groups excluding carboxylic acids is 2. The van der Waals surface area contributed by atoms with Crippen LogP contribution in [0.4, 0.5) is 10.5 Å². The van der Waals surface area contributed by atoms with E-state index < -0.39 is 11.6 Å². The summed E-state index contributed by atoms with van der Waals surface area (Å²) in [5, 5.41) is 3.36. The SMILES string of the molecule is Cc1ccc2c(c1)N(C(=O)N1CCNCC1(C)C)Cc1c(C(=O)OC(C)(C)C)ncn1-2. The van der Waals surface area contributed by atoms with Gasteiger partial charge in [0.2, 0.25) is 0 Å². The highest BCUT2D eigenvalue weighted by atomic mass is 16.6. The summed E-state index contributed by atoms with van der Waals surface area (Å²) >= 11 is 0. The number of urea groups is 1. The third-order valence-electron chi connectivity index (χ3n) is 5.71. The van der Waals surface area contributed by atoms with Crippen LogP contribution < -0.4 is 10.2 Å². The Morgan fingerprint density at radius 3 is 2.61 bits per heavy atom. The van der Waals surface area contributed by atoms with Crippen molar-refractivity contribution in [3.63, 3.8) is 0 Å². The lowest BCUT2D eigenvalue weighted by Gasteiger charge is -2.45. The molecule has 1 fully saturated rings. The molecule has 0 saturated carbocycles. The fourth-order valence-electron chi connectivity index (χ4n) is 4.17. The number of hydrogen-bond donors (Lipinski definition) is 1. The first kappa shape index (κ1) is 21.4. The Kier molecular flexibility index (Phi) is 5.08. The molecule has 8 heteroatoms. The number of imidazole rings is 1. The maximum atomic E-state index is 13.8. The quantitative estimate of drug-likeness (QED) is 0.710. The van der Waals surface area contributed by atoms with E-state index in [-0.39, 0.29) is 23.8 Å². The Balaban J connectivity index is 1.77. The molecule has 166 valence electrons. The van der Waals surface area contributed by atoms with Crippen molar-refractivity contribution in [2.45, 2.75) is 59.2 Å². The summed E-state index contributed by atoms with van der Waals surface area (Å²) in [5.74, 6) is -0.480. The van der Waals surface area contributed by atoms with Crippen LogP contribution in [0.1, 0.15) is 56.4 Å². The number of aryl methyl sites for hydroxylation is 1. The van der Waals surface area contributed by atoms with E-state index >= 15 is 0 Å². The molecule has 2 aromatic rings. The van der Waals surface area contributed by atoms with Crippen LogP contribution in [0, 0.1) is 6.92 Å². The Morgan fingerprint density at radius 1 is 1.19 bits per heavy atom. The Labute approximate surface area is 183 Å². The Bertz CT molecular complexity index is 1030. The molecule has 1 aromatic heterocycles. The van der Waals surface area contributed by atoms with Gasteiger partial charge in [-0.3, -0.25) is 9.47 Å². The molecule has 1 saturated heterocycles. The first-order chi connectivity index (χ1) is 14.5. The van der Waals surface area contributed by atoms with Crippen molar-refractivity contribution < 1.29 is 14.3 Å². The van der Waals surface area contributed by atoms with Gasteiger partial charge in [-0.1, -0.05) is 6.07 Å². The summed E-state index contributed by atoms with van der Waals surface area (Å²) < 4.78 is 7.45. The van der Waals surface area contributed by atoms with E-state index in [1.54, 1.807) is 11.2 Å². The van der Waals surface area contributed by atoms with Crippen molar-refractivity contribution in [3.05, 3.63) is 41.5 Å². The first-order valence-corrected chi connectivity index (χ1v) is 10.7. The zero-order chi connectivity index (χ0) is 22.6. The van der Waals surface area contributed by atoms with Crippen LogP contribution in [0.25, 0.3) is 5.69 Å². The van der Waals surface area contributed by atoms with E-state index in [2.05, 4.69) is 24.1 Å². The maximum Gasteiger partial charge on any atom is 0.359 e. The van der Waals surface area contributed by atoms with Gasteiger partial charge in [0, 0.05) is 19.6 Å². The Hall–Kier alpha value is -2.87. The molecular formula is C23H31N5O3. The molecule has 4 rings (SSSR count). The van der Waals surface area contributed by atoms with Crippen LogP contribution >= 0.6 is 0 Å². The molecule has 1 N–H and O–H groups in total. The zero-order valence-electron chi connectivity index (χ0n) is 19.2. The van der Waals surface area contributed by atoms with Gasteiger partial charge in [0.25, 0.3) is 0 Å². The average Bonchev–Trinajstić information content (AvgIpc) is 3.09. The van der Waals surface area contributed by atoms with E-state index in [1.165, 1.54) is 0 Å². The molecule has 0 radical (unpaired) electrons. The number of benzene rings is 1. The molecule has 1 aromatic carbocycles. The Morgan fingerprint density at radius 2 is 1.94 bits per heavy atom. The molecule has 2 aliphatic heterocycles. The molecule has 2 aliphatic rings. The largest absolute Gasteiger partial charge is 0.455 e. The van der Waals surface area contributed by atoms with Gasteiger partial charge in [0.15, 0.2) is 5.69 Å². The van der Waals surface area contributed by atoms with Crippen LogP contribution in [-0.4, -0.2) is 57.2 Å². The number of nitrogens with one attached hydrogen (secondary N) is 1. The minimum atomic E-state index is -0.627. The molecule has 8 nitrogen and oxygen atoms in total. The number of anilines is 1. The van der Waals surface area contributed by atoms with Crippen molar-refractivity contribution >= 4 is 17.7 Å². The molecule has 3 heterocycles. The number of fused-ring (bicyclic) bond motifs is 3. The number of rotatable bonds is 1. The minimum Gasteiger partial charge on any atom is -0.455 e. The number of esters is 1. The number of ether oxygens (including phenoxy) is 1. The van der Waals surface area contributed by atoms with Crippen LogP contribution in [0.2, 0.25) is 0 Å². The van der Waals surface area contributed by atoms with Crippen molar-refractivity contribution in [2.75, 3.05) is 24.5 Å². The molecule has 0 atom stereocenters. The number of nitrogens with zero attached hydrogens (tertiary/aromatic N) is 4. The van der Waals surface area contributed by atoms with Crippen molar-refractivity contribution in [2.24, 2.45) is 0 Å². The zero-order valence-corrected chi connectivity index (χ0v) is 19.2. The second-order valence-corrected chi connectivity index (χ2v) is 9.91. The molecule has 31 heavy (non-hydrogen) atoms. The van der Waals surface area contributed by atoms with E-state index in [4.69, 9.17) is 4.74 Å². The van der Waals surface area contributed by atoms with Gasteiger partial charge in [-0.05, 0) is 59.2 Å². The molecule has 0 spiro atoms. The van der Waals surface area contributed by atoms with Gasteiger partial charge >= 0.3 is 12.0 Å². The summed E-state index contributed by atoms with van der Waals surface area (Å²) in [7, 11) is 0. The number of hydrogen-bond acceptors (Lipinski definition) is 5. The fourth-order valence-corrected chi connectivity index (χ4v) is 4.17. The van der Waals surface area contributed by atoms with E-state index in [9.17, 15) is 9.59 Å². The predicted octanol–water partition coefficient (Wildman–Crippen LogP) is 3.26. The van der Waals surface area contributed by atoms with E-state index in [0.717, 1.165) is 30.0 Å². The summed E-state index contributed by atoms with van der Waals surface area (Å²) in [6, 6.07) is 5.91. The number of carbonyl (C=O) groups is 2. The monoisotopic (exact) mass is 425 g/mol. The van der Waals surface area contributed by atoms with Gasteiger partial charge in [0.05, 0.1) is 29.2 Å². The van der Waals surface area contributed by atoms with Gasteiger partial charge in [-0.25, -0.2) is 14.6 Å². The van der Waals surface area contributed by atoms with Crippen LogP contribution in [0.15, 0.2) is 24.5 Å². The molecule has 2 amide bonds. The average molecular weight is 426 g/mol. The van der Waals surface area contributed by atoms with Gasteiger partial charge in [-0.2, -0.15) is 0 Å². The summed E-state index contributed by atoms with van der Waals surface area (Å²) in [6.07, 6.45) is 1.64. The summed E-state index contributed by atoms with van der Waals surface area (Å²) in [6.45, 7) is 14.0. The number of amides is 2. The second-order valence-electron chi connectivity index (χ2n) is 9.91. The van der Waals surface area contributed by atoms with E-state index in [1.807, 2.05) is 55.4 Å². The molecule has 0 aliphatic carbocycles. The summed E-state index contributed by atoms with van der Waals surface area (Å²) in [4.78, 5) is 34.6. The third kappa shape index (κ3) is 3.92. The smallest absolute Gasteiger partial charge is 0.359 e. The van der Waals surface area contributed by atoms with Crippen molar-refractivity contribution in [1.82, 2.24) is 19.8 Å². The third-order valence-corrected chi connectivity index (χ3v) is 5.71. The van der Waals surface area contributed by atoms with Crippen molar-refractivity contribution in [3.8, 4) is 5.69 Å². The lowest BCUT2D eigenvalue weighted by atomic mass is 10.0. The molecule has 0 unspecified atom stereocenters. The lowest BCUT2D eigenvalue weighted by molar-refractivity contribution is 0.00618. The normalized spacial score (nSPS) is 17.7. The van der Waals surface area contributed by atoms with Crippen LogP contribution in [-0.2, 0) is 11.3 Å². The first-order valence-electron chi connectivity index (χ1n) is 10.7. The number of aromatic nitrogens is 2. The molecule has 0 bridgehead atoms. The maximum absolute atomic E-state index is 13.8. The van der Waals surface area contributed by atoms with Crippen LogP contribution in [0.3, 0.4) is 0 Å². The van der Waals surface area contributed by atoms with Gasteiger partial charge in [-0.15, -0.1) is 0 Å². The van der Waals surface area contributed by atoms with E-state index in [0.29, 0.717) is 12.2 Å². The van der Waals surface area contributed by atoms with Crippen LogP contribution in [0.5, 0.6) is 0 Å². The lowest BCUT2D eigenvalue weighted by Crippen LogP contribution is -2.62. The van der Waals surface area contributed by atoms with Gasteiger partial charge in [0.1, 0.15) is 11.9 Å². The highest BCUT2D eigenvalue weighted by molar-refractivity contribution is 5.97. The van der Waals surface area contributed by atoms with Crippen molar-refractivity contribution in [1.29, 1.82) is 0 Å². The predicted molar refractivity (Wildman–Crippen MR) is 119 cm³/mol. The second kappa shape index (κ2) is 7.37. The molecular weight excluding hydrogens is 394 g/mol. The standard InChI is InChI=1S/C23H31N5O3/c1-15-7-8-16-17(11-15)26(21(30)28-10-9-24-13-23(28,5)6)12-18-19(25-14-27(16)18)20(29)31-22(2,3)4/h7-8,11,14,24H,9-10,12-13H2,1-6H3. The fraction of sp³-hybridized carbons (Fsp3) is 0.522. The van der Waals surface area contributed by atoms with Gasteiger partial charge < -0.3 is 15.0 Å². The highest BCUT2D eigenvalue weighted by Gasteiger charge is 2.39. The highest BCUT2D eigenvalue weighted by Crippen LogP contribution is 2.36. The minimum absolute atomic E-state index is 0.0686. The summed E-state index contributed by atoms with van der Waals surface area (Å²) in [5.41, 5.74) is 2.68.